The van der Waals surface area contributed by atoms with Gasteiger partial charge in [0.05, 0.1) is 18.0 Å². The monoisotopic (exact) mass is 482 g/mol. The summed E-state index contributed by atoms with van der Waals surface area (Å²) in [6.07, 6.45) is 3.65. The molecule has 2 aromatic rings. The van der Waals surface area contributed by atoms with Crippen LogP contribution in [0.25, 0.3) is 10.9 Å². The SMILES string of the molecule is CCOC(=O)C1CCCN(C(=NC)NCc2cccc3cccnc23)C1.I. The molecule has 0 bridgehead atoms. The highest BCUT2D eigenvalue weighted by Gasteiger charge is 2.28. The average Bonchev–Trinajstić information content (AvgIpc) is 2.69. The number of aliphatic imine (C=N–C) groups is 1. The van der Waals surface area contributed by atoms with E-state index in [9.17, 15) is 4.79 Å². The summed E-state index contributed by atoms with van der Waals surface area (Å²) in [5.41, 5.74) is 2.13. The fraction of sp³-hybridized carbons (Fsp3) is 0.450. The molecule has 0 spiro atoms. The number of carbonyl (C=O) groups excluding carboxylic acids is 1. The van der Waals surface area contributed by atoms with Gasteiger partial charge < -0.3 is 15.0 Å². The number of hydrogen-bond acceptors (Lipinski definition) is 4. The number of ether oxygens (including phenoxy) is 1. The Morgan fingerprint density at radius 1 is 1.37 bits per heavy atom. The Labute approximate surface area is 177 Å². The maximum atomic E-state index is 12.1. The number of benzene rings is 1. The number of aromatic nitrogens is 1. The lowest BCUT2D eigenvalue weighted by molar-refractivity contribution is -0.149. The zero-order valence-corrected chi connectivity index (χ0v) is 18.2. The van der Waals surface area contributed by atoms with E-state index in [1.807, 2.05) is 25.3 Å². The highest BCUT2D eigenvalue weighted by atomic mass is 127. The quantitative estimate of drug-likeness (QED) is 0.314. The number of piperidine rings is 1. The molecule has 1 saturated heterocycles. The Hall–Kier alpha value is -1.90. The van der Waals surface area contributed by atoms with Gasteiger partial charge in [-0.3, -0.25) is 14.8 Å². The fourth-order valence-electron chi connectivity index (χ4n) is 3.44. The number of guanidine groups is 1. The lowest BCUT2D eigenvalue weighted by atomic mass is 9.98. The second-order valence-electron chi connectivity index (χ2n) is 6.43. The van der Waals surface area contributed by atoms with Crippen LogP contribution in [0, 0.1) is 5.92 Å². The van der Waals surface area contributed by atoms with E-state index < -0.39 is 0 Å². The van der Waals surface area contributed by atoms with E-state index in [2.05, 4.69) is 38.4 Å². The van der Waals surface area contributed by atoms with Crippen molar-refractivity contribution >= 4 is 46.8 Å². The minimum Gasteiger partial charge on any atom is -0.466 e. The van der Waals surface area contributed by atoms with Crippen molar-refractivity contribution in [3.63, 3.8) is 0 Å². The van der Waals surface area contributed by atoms with E-state index in [0.29, 0.717) is 19.7 Å². The Balaban J connectivity index is 0.00000261. The number of nitrogens with one attached hydrogen (secondary N) is 1. The predicted octanol–water partition coefficient (Wildman–Crippen LogP) is 3.20. The number of carbonyl (C=O) groups is 1. The van der Waals surface area contributed by atoms with Gasteiger partial charge in [0, 0.05) is 38.3 Å². The van der Waals surface area contributed by atoms with Crippen LogP contribution in [0.4, 0.5) is 0 Å². The predicted molar refractivity (Wildman–Crippen MR) is 118 cm³/mol. The second kappa shape index (κ2) is 10.4. The van der Waals surface area contributed by atoms with Crippen LogP contribution >= 0.6 is 24.0 Å². The van der Waals surface area contributed by atoms with E-state index in [1.54, 1.807) is 7.05 Å². The summed E-state index contributed by atoms with van der Waals surface area (Å²) in [5, 5.41) is 4.55. The molecule has 146 valence electrons. The molecule has 2 heterocycles. The van der Waals surface area contributed by atoms with Crippen molar-refractivity contribution in [3.8, 4) is 0 Å². The molecule has 1 unspecified atom stereocenters. The summed E-state index contributed by atoms with van der Waals surface area (Å²) in [5.74, 6) is 0.624. The third-order valence-corrected chi connectivity index (χ3v) is 4.71. The van der Waals surface area contributed by atoms with Crippen LogP contribution in [0.2, 0.25) is 0 Å². The van der Waals surface area contributed by atoms with Crippen LogP contribution in [0.1, 0.15) is 25.3 Å². The van der Waals surface area contributed by atoms with Crippen molar-refractivity contribution in [1.82, 2.24) is 15.2 Å². The molecule has 0 saturated carbocycles. The van der Waals surface area contributed by atoms with Gasteiger partial charge in [-0.15, -0.1) is 24.0 Å². The average molecular weight is 482 g/mol. The Kier molecular flexibility index (Phi) is 8.27. The molecular weight excluding hydrogens is 455 g/mol. The van der Waals surface area contributed by atoms with E-state index in [1.165, 1.54) is 0 Å². The van der Waals surface area contributed by atoms with E-state index in [-0.39, 0.29) is 35.9 Å². The van der Waals surface area contributed by atoms with E-state index in [0.717, 1.165) is 41.8 Å². The minimum atomic E-state index is -0.106. The molecule has 1 aliphatic rings. The summed E-state index contributed by atoms with van der Waals surface area (Å²) < 4.78 is 5.19. The molecule has 1 N–H and O–H groups in total. The molecule has 1 atom stereocenters. The summed E-state index contributed by atoms with van der Waals surface area (Å²) >= 11 is 0. The first kappa shape index (κ1) is 21.4. The topological polar surface area (TPSA) is 66.8 Å². The van der Waals surface area contributed by atoms with E-state index in [4.69, 9.17) is 4.74 Å². The van der Waals surface area contributed by atoms with Crippen molar-refractivity contribution < 1.29 is 9.53 Å². The first-order valence-electron chi connectivity index (χ1n) is 9.17. The van der Waals surface area contributed by atoms with Crippen LogP contribution in [0.3, 0.4) is 0 Å². The van der Waals surface area contributed by atoms with E-state index >= 15 is 0 Å². The molecular formula is C20H27IN4O2. The first-order chi connectivity index (χ1) is 12.7. The van der Waals surface area contributed by atoms with Crippen molar-refractivity contribution in [2.75, 3.05) is 26.7 Å². The number of likely N-dealkylation sites (tertiary alicyclic amines) is 1. The normalized spacial score (nSPS) is 17.3. The van der Waals surface area contributed by atoms with Crippen LogP contribution < -0.4 is 5.32 Å². The van der Waals surface area contributed by atoms with Gasteiger partial charge in [-0.25, -0.2) is 0 Å². The van der Waals surface area contributed by atoms with Crippen LogP contribution in [-0.4, -0.2) is 48.6 Å². The number of nitrogens with zero attached hydrogens (tertiary/aromatic N) is 3. The van der Waals surface area contributed by atoms with Crippen molar-refractivity contribution in [3.05, 3.63) is 42.1 Å². The lowest BCUT2D eigenvalue weighted by Crippen LogP contribution is -2.48. The summed E-state index contributed by atoms with van der Waals surface area (Å²) in [6, 6.07) is 10.2. The molecule has 6 nitrogen and oxygen atoms in total. The molecule has 1 aliphatic heterocycles. The Bertz CT molecular complexity index is 791. The largest absolute Gasteiger partial charge is 0.466 e. The van der Waals surface area contributed by atoms with Crippen molar-refractivity contribution in [1.29, 1.82) is 0 Å². The fourth-order valence-corrected chi connectivity index (χ4v) is 3.44. The highest BCUT2D eigenvalue weighted by molar-refractivity contribution is 14.0. The molecule has 3 rings (SSSR count). The molecule has 27 heavy (non-hydrogen) atoms. The molecule has 0 aliphatic carbocycles. The Morgan fingerprint density at radius 3 is 2.96 bits per heavy atom. The van der Waals surface area contributed by atoms with Gasteiger partial charge in [0.2, 0.25) is 0 Å². The molecule has 1 aromatic heterocycles. The molecule has 0 amide bonds. The number of pyridine rings is 1. The smallest absolute Gasteiger partial charge is 0.310 e. The lowest BCUT2D eigenvalue weighted by Gasteiger charge is -2.34. The number of esters is 1. The molecule has 1 aromatic carbocycles. The maximum Gasteiger partial charge on any atom is 0.310 e. The minimum absolute atomic E-state index is 0. The van der Waals surface area contributed by atoms with Crippen molar-refractivity contribution in [2.45, 2.75) is 26.3 Å². The number of para-hydroxylation sites is 1. The second-order valence-corrected chi connectivity index (χ2v) is 6.43. The first-order valence-corrected chi connectivity index (χ1v) is 9.17. The summed E-state index contributed by atoms with van der Waals surface area (Å²) in [7, 11) is 1.78. The van der Waals surface area contributed by atoms with Gasteiger partial charge in [0.15, 0.2) is 5.96 Å². The number of hydrogen-bond donors (Lipinski definition) is 1. The molecule has 7 heteroatoms. The van der Waals surface area contributed by atoms with Gasteiger partial charge in [0.25, 0.3) is 0 Å². The number of halogens is 1. The summed E-state index contributed by atoms with van der Waals surface area (Å²) in [6.45, 7) is 4.45. The van der Waals surface area contributed by atoms with Crippen LogP contribution in [0.15, 0.2) is 41.5 Å². The van der Waals surface area contributed by atoms with Gasteiger partial charge >= 0.3 is 5.97 Å². The maximum absolute atomic E-state index is 12.1. The third kappa shape index (κ3) is 5.31. The van der Waals surface area contributed by atoms with Crippen LogP contribution in [-0.2, 0) is 16.1 Å². The standard InChI is InChI=1S/C20H26N4O2.HI/c1-3-26-19(25)17-10-6-12-24(14-17)20(21-2)23-13-16-8-4-7-15-9-5-11-22-18(15)16;/h4-5,7-9,11,17H,3,6,10,12-14H2,1-2H3,(H,21,23);1H. The summed E-state index contributed by atoms with van der Waals surface area (Å²) in [4.78, 5) is 23.1. The van der Waals surface area contributed by atoms with Gasteiger partial charge in [0.1, 0.15) is 0 Å². The Morgan fingerprint density at radius 2 is 2.19 bits per heavy atom. The molecule has 1 fully saturated rings. The van der Waals surface area contributed by atoms with Crippen molar-refractivity contribution in [2.24, 2.45) is 10.9 Å². The molecule has 0 radical (unpaired) electrons. The van der Waals surface area contributed by atoms with Crippen LogP contribution in [0.5, 0.6) is 0 Å². The number of rotatable bonds is 4. The van der Waals surface area contributed by atoms with Gasteiger partial charge in [-0.2, -0.15) is 0 Å². The zero-order chi connectivity index (χ0) is 18.4. The number of fused-ring (bicyclic) bond motifs is 1. The third-order valence-electron chi connectivity index (χ3n) is 4.71. The zero-order valence-electron chi connectivity index (χ0n) is 15.9. The highest BCUT2D eigenvalue weighted by Crippen LogP contribution is 2.19. The van der Waals surface area contributed by atoms with Gasteiger partial charge in [-0.05, 0) is 31.4 Å². The van der Waals surface area contributed by atoms with Gasteiger partial charge in [-0.1, -0.05) is 24.3 Å².